The van der Waals surface area contributed by atoms with Gasteiger partial charge in [-0.2, -0.15) is 0 Å². The van der Waals surface area contributed by atoms with Gasteiger partial charge in [0.2, 0.25) is 0 Å². The largest absolute Gasteiger partial charge is 0.458 e. The number of imidazole rings is 1. The van der Waals surface area contributed by atoms with E-state index in [1.165, 1.54) is 0 Å². The van der Waals surface area contributed by atoms with E-state index in [2.05, 4.69) is 29.2 Å². The number of hydrogen-bond donors (Lipinski definition) is 1. The molecule has 0 aliphatic carbocycles. The van der Waals surface area contributed by atoms with Crippen LogP contribution in [0.25, 0.3) is 22.5 Å². The van der Waals surface area contributed by atoms with Crippen LogP contribution in [0.1, 0.15) is 13.3 Å². The third kappa shape index (κ3) is 4.14. The Bertz CT molecular complexity index is 907. The van der Waals surface area contributed by atoms with Crippen molar-refractivity contribution in [2.24, 2.45) is 0 Å². The van der Waals surface area contributed by atoms with E-state index in [1.807, 2.05) is 43.3 Å². The zero-order valence-electron chi connectivity index (χ0n) is 15.0. The third-order valence-electron chi connectivity index (χ3n) is 4.39. The Morgan fingerprint density at radius 3 is 2.41 bits per heavy atom. The van der Waals surface area contributed by atoms with E-state index in [0.717, 1.165) is 39.7 Å². The van der Waals surface area contributed by atoms with Gasteiger partial charge in [-0.25, -0.2) is 9.78 Å². The number of hydrogen-bond acceptors (Lipinski definition) is 4. The molecule has 0 saturated heterocycles. The fourth-order valence-electron chi connectivity index (χ4n) is 3.16. The highest BCUT2D eigenvalue weighted by Crippen LogP contribution is 2.33. The molecule has 0 fully saturated rings. The first-order valence-electron chi connectivity index (χ1n) is 8.90. The summed E-state index contributed by atoms with van der Waals surface area (Å²) in [5, 5.41) is 0.830. The van der Waals surface area contributed by atoms with Gasteiger partial charge in [0, 0.05) is 29.4 Å². The van der Waals surface area contributed by atoms with E-state index in [-0.39, 0.29) is 12.1 Å². The third-order valence-corrected chi connectivity index (χ3v) is 5.40. The molecule has 1 N–H and O–H groups in total. The maximum atomic E-state index is 11.6. The van der Waals surface area contributed by atoms with Crippen LogP contribution in [-0.2, 0) is 9.53 Å². The molecule has 1 aliphatic rings. The summed E-state index contributed by atoms with van der Waals surface area (Å²) >= 11 is 1.58. The van der Waals surface area contributed by atoms with E-state index in [0.29, 0.717) is 5.75 Å². The monoisotopic (exact) mass is 376 g/mol. The van der Waals surface area contributed by atoms with Gasteiger partial charge in [0.25, 0.3) is 0 Å². The number of cyclic esters (lactones) is 1. The van der Waals surface area contributed by atoms with E-state index in [9.17, 15) is 4.79 Å². The molecule has 0 unspecified atom stereocenters. The average Bonchev–Trinajstić information content (AvgIpc) is 3.11. The van der Waals surface area contributed by atoms with Gasteiger partial charge in [-0.3, -0.25) is 0 Å². The SMILES string of the molecule is CC1=CC(=O)O[C@H](CSc2nc(-c3ccccc3)c(-c3ccccc3)[nH]2)C1. The summed E-state index contributed by atoms with van der Waals surface area (Å²) in [6.07, 6.45) is 2.23. The number of nitrogens with zero attached hydrogens (tertiary/aromatic N) is 1. The Balaban J connectivity index is 1.60. The van der Waals surface area contributed by atoms with Crippen LogP contribution in [0, 0.1) is 0 Å². The number of H-pyrrole nitrogens is 1. The van der Waals surface area contributed by atoms with Gasteiger partial charge in [0.15, 0.2) is 5.16 Å². The second-order valence-corrected chi connectivity index (χ2v) is 7.57. The summed E-state index contributed by atoms with van der Waals surface area (Å²) in [5.74, 6) is 0.422. The number of rotatable bonds is 5. The molecular weight excluding hydrogens is 356 g/mol. The van der Waals surface area contributed by atoms with Gasteiger partial charge >= 0.3 is 5.97 Å². The number of ether oxygens (including phenoxy) is 1. The van der Waals surface area contributed by atoms with Gasteiger partial charge in [-0.1, -0.05) is 78.0 Å². The summed E-state index contributed by atoms with van der Waals surface area (Å²) in [5.41, 5.74) is 5.16. The summed E-state index contributed by atoms with van der Waals surface area (Å²) < 4.78 is 5.41. The lowest BCUT2D eigenvalue weighted by Crippen LogP contribution is -2.24. The quantitative estimate of drug-likeness (QED) is 0.497. The van der Waals surface area contributed by atoms with Crippen LogP contribution in [0.5, 0.6) is 0 Å². The van der Waals surface area contributed by atoms with Gasteiger partial charge in [0.05, 0.1) is 11.4 Å². The molecule has 0 spiro atoms. The van der Waals surface area contributed by atoms with Crippen molar-refractivity contribution >= 4 is 17.7 Å². The second-order valence-electron chi connectivity index (χ2n) is 6.56. The van der Waals surface area contributed by atoms with Crippen LogP contribution in [0.3, 0.4) is 0 Å². The molecule has 1 aliphatic heterocycles. The molecule has 0 amide bonds. The van der Waals surface area contributed by atoms with Crippen LogP contribution in [0.2, 0.25) is 0 Å². The van der Waals surface area contributed by atoms with Crippen LogP contribution in [-0.4, -0.2) is 27.8 Å². The van der Waals surface area contributed by atoms with Crippen molar-refractivity contribution in [2.75, 3.05) is 5.75 Å². The summed E-state index contributed by atoms with van der Waals surface area (Å²) in [6, 6.07) is 20.4. The smallest absolute Gasteiger partial charge is 0.331 e. The summed E-state index contributed by atoms with van der Waals surface area (Å²) in [7, 11) is 0. The minimum atomic E-state index is -0.251. The summed E-state index contributed by atoms with van der Waals surface area (Å²) in [4.78, 5) is 19.9. The number of nitrogens with one attached hydrogen (secondary N) is 1. The van der Waals surface area contributed by atoms with Crippen molar-refractivity contribution in [3.05, 3.63) is 72.3 Å². The lowest BCUT2D eigenvalue weighted by atomic mass is 10.1. The van der Waals surface area contributed by atoms with Crippen molar-refractivity contribution in [1.29, 1.82) is 0 Å². The number of carbonyl (C=O) groups excluding carboxylic acids is 1. The molecule has 0 radical (unpaired) electrons. The highest BCUT2D eigenvalue weighted by molar-refractivity contribution is 7.99. The molecule has 0 bridgehead atoms. The first-order valence-corrected chi connectivity index (χ1v) is 9.89. The molecule has 4 rings (SSSR count). The highest BCUT2D eigenvalue weighted by Gasteiger charge is 2.21. The van der Waals surface area contributed by atoms with Crippen LogP contribution >= 0.6 is 11.8 Å². The molecule has 1 aromatic heterocycles. The molecule has 27 heavy (non-hydrogen) atoms. The molecule has 0 saturated carbocycles. The maximum absolute atomic E-state index is 11.6. The number of aromatic nitrogens is 2. The predicted octanol–water partition coefficient (Wildman–Crippen LogP) is 5.10. The Morgan fingerprint density at radius 2 is 1.74 bits per heavy atom. The molecule has 4 nitrogen and oxygen atoms in total. The number of aromatic amines is 1. The number of thioether (sulfide) groups is 1. The van der Waals surface area contributed by atoms with E-state index in [4.69, 9.17) is 9.72 Å². The van der Waals surface area contributed by atoms with Crippen LogP contribution in [0.4, 0.5) is 0 Å². The molecule has 2 heterocycles. The fraction of sp³-hybridized carbons (Fsp3) is 0.182. The Labute approximate surface area is 162 Å². The first-order chi connectivity index (χ1) is 13.2. The standard InChI is InChI=1S/C22H20N2O2S/c1-15-12-18(26-19(25)13-15)14-27-22-23-20(16-8-4-2-5-9-16)21(24-22)17-10-6-3-7-11-17/h2-11,13,18H,12,14H2,1H3,(H,23,24)/t18-/m0/s1. The van der Waals surface area contributed by atoms with Crippen LogP contribution < -0.4 is 0 Å². The van der Waals surface area contributed by atoms with E-state index >= 15 is 0 Å². The van der Waals surface area contributed by atoms with Crippen molar-refractivity contribution in [2.45, 2.75) is 24.6 Å². The molecule has 1 atom stereocenters. The van der Waals surface area contributed by atoms with E-state index < -0.39 is 0 Å². The molecule has 2 aromatic carbocycles. The number of esters is 1. The van der Waals surface area contributed by atoms with Crippen molar-refractivity contribution in [1.82, 2.24) is 9.97 Å². The molecule has 136 valence electrons. The topological polar surface area (TPSA) is 55.0 Å². The second kappa shape index (κ2) is 7.84. The average molecular weight is 376 g/mol. The lowest BCUT2D eigenvalue weighted by Gasteiger charge is -2.20. The number of benzene rings is 2. The Morgan fingerprint density at radius 1 is 1.07 bits per heavy atom. The Kier molecular flexibility index (Phi) is 5.12. The zero-order chi connectivity index (χ0) is 18.6. The van der Waals surface area contributed by atoms with Gasteiger partial charge in [-0.05, 0) is 6.92 Å². The van der Waals surface area contributed by atoms with Crippen LogP contribution in [0.15, 0.2) is 77.5 Å². The summed E-state index contributed by atoms with van der Waals surface area (Å²) in [6.45, 7) is 1.96. The van der Waals surface area contributed by atoms with Gasteiger partial charge in [0.1, 0.15) is 6.10 Å². The molecule has 3 aromatic rings. The predicted molar refractivity (Wildman–Crippen MR) is 108 cm³/mol. The maximum Gasteiger partial charge on any atom is 0.331 e. The number of carbonyl (C=O) groups is 1. The van der Waals surface area contributed by atoms with E-state index in [1.54, 1.807) is 17.8 Å². The minimum Gasteiger partial charge on any atom is -0.458 e. The molecule has 5 heteroatoms. The normalized spacial score (nSPS) is 16.7. The zero-order valence-corrected chi connectivity index (χ0v) is 15.8. The van der Waals surface area contributed by atoms with Gasteiger partial charge < -0.3 is 9.72 Å². The van der Waals surface area contributed by atoms with Crippen molar-refractivity contribution < 1.29 is 9.53 Å². The Hall–Kier alpha value is -2.79. The highest BCUT2D eigenvalue weighted by atomic mass is 32.2. The minimum absolute atomic E-state index is 0.113. The van der Waals surface area contributed by atoms with Gasteiger partial charge in [-0.15, -0.1) is 0 Å². The lowest BCUT2D eigenvalue weighted by molar-refractivity contribution is -0.143. The van der Waals surface area contributed by atoms with Crippen molar-refractivity contribution in [3.63, 3.8) is 0 Å². The first kappa shape index (κ1) is 17.6. The molecular formula is C22H20N2O2S. The fourth-order valence-corrected chi connectivity index (χ4v) is 4.02. The van der Waals surface area contributed by atoms with Crippen molar-refractivity contribution in [3.8, 4) is 22.5 Å².